The van der Waals surface area contributed by atoms with Crippen LogP contribution in [0.3, 0.4) is 0 Å². The highest BCUT2D eigenvalue weighted by molar-refractivity contribution is 5.39. The molecule has 1 aliphatic rings. The molecule has 0 radical (unpaired) electrons. The largest absolute Gasteiger partial charge is 0.508 e. The standard InChI is InChI=1S/C15H24N2O2/c1-17-8-4-3-5-13(17)11-16-10-12-9-14(19-2)6-7-15(12)18/h6-7,9,13,16,18H,3-5,8,10-11H2,1-2H3. The van der Waals surface area contributed by atoms with E-state index in [0.29, 0.717) is 18.3 Å². The van der Waals surface area contributed by atoms with Crippen LogP contribution in [0.15, 0.2) is 18.2 Å². The molecule has 1 heterocycles. The first-order chi connectivity index (χ1) is 9.20. The summed E-state index contributed by atoms with van der Waals surface area (Å²) in [6.45, 7) is 2.83. The molecule has 2 rings (SSSR count). The van der Waals surface area contributed by atoms with Crippen LogP contribution >= 0.6 is 0 Å². The van der Waals surface area contributed by atoms with Crippen LogP contribution in [0.25, 0.3) is 0 Å². The number of phenols is 1. The van der Waals surface area contributed by atoms with E-state index in [2.05, 4.69) is 17.3 Å². The molecule has 1 fully saturated rings. The lowest BCUT2D eigenvalue weighted by molar-refractivity contribution is 0.181. The maximum atomic E-state index is 9.81. The van der Waals surface area contributed by atoms with Crippen molar-refractivity contribution in [1.82, 2.24) is 10.2 Å². The Labute approximate surface area is 115 Å². The second-order valence-corrected chi connectivity index (χ2v) is 5.26. The van der Waals surface area contributed by atoms with Gasteiger partial charge in [0.2, 0.25) is 0 Å². The van der Waals surface area contributed by atoms with E-state index in [9.17, 15) is 5.11 Å². The van der Waals surface area contributed by atoms with E-state index < -0.39 is 0 Å². The van der Waals surface area contributed by atoms with E-state index in [1.54, 1.807) is 19.2 Å². The molecule has 1 aliphatic heterocycles. The van der Waals surface area contributed by atoms with Crippen LogP contribution in [0, 0.1) is 0 Å². The minimum Gasteiger partial charge on any atom is -0.508 e. The third-order valence-corrected chi connectivity index (χ3v) is 3.90. The molecule has 4 nitrogen and oxygen atoms in total. The first-order valence-corrected chi connectivity index (χ1v) is 6.97. The van der Waals surface area contributed by atoms with E-state index >= 15 is 0 Å². The highest BCUT2D eigenvalue weighted by atomic mass is 16.5. The summed E-state index contributed by atoms with van der Waals surface area (Å²) in [5.74, 6) is 1.11. The summed E-state index contributed by atoms with van der Waals surface area (Å²) < 4.78 is 5.18. The van der Waals surface area contributed by atoms with E-state index in [1.807, 2.05) is 6.07 Å². The fourth-order valence-corrected chi connectivity index (χ4v) is 2.61. The number of ether oxygens (including phenoxy) is 1. The second kappa shape index (κ2) is 6.78. The van der Waals surface area contributed by atoms with Gasteiger partial charge in [-0.25, -0.2) is 0 Å². The minimum atomic E-state index is 0.324. The Morgan fingerprint density at radius 2 is 2.26 bits per heavy atom. The molecule has 4 heteroatoms. The van der Waals surface area contributed by atoms with E-state index in [1.165, 1.54) is 25.8 Å². The normalized spacial score (nSPS) is 20.4. The molecule has 0 aliphatic carbocycles. The topological polar surface area (TPSA) is 44.7 Å². The molecule has 1 saturated heterocycles. The number of hydrogen-bond acceptors (Lipinski definition) is 4. The second-order valence-electron chi connectivity index (χ2n) is 5.26. The van der Waals surface area contributed by atoms with Crippen molar-refractivity contribution in [3.8, 4) is 11.5 Å². The van der Waals surface area contributed by atoms with Crippen molar-refractivity contribution < 1.29 is 9.84 Å². The lowest BCUT2D eigenvalue weighted by Gasteiger charge is -2.32. The van der Waals surface area contributed by atoms with Crippen molar-refractivity contribution >= 4 is 0 Å². The van der Waals surface area contributed by atoms with Crippen molar-refractivity contribution in [3.63, 3.8) is 0 Å². The number of nitrogens with one attached hydrogen (secondary N) is 1. The average molecular weight is 264 g/mol. The molecule has 0 spiro atoms. The van der Waals surface area contributed by atoms with E-state index in [-0.39, 0.29) is 0 Å². The zero-order valence-corrected chi connectivity index (χ0v) is 11.9. The zero-order chi connectivity index (χ0) is 13.7. The predicted molar refractivity (Wildman–Crippen MR) is 76.6 cm³/mol. The first-order valence-electron chi connectivity index (χ1n) is 6.97. The fraction of sp³-hybridized carbons (Fsp3) is 0.600. The SMILES string of the molecule is COc1ccc(O)c(CNCC2CCCCN2C)c1. The van der Waals surface area contributed by atoms with Crippen LogP contribution in [-0.4, -0.2) is 43.3 Å². The number of piperidine rings is 1. The Kier molecular flexibility index (Phi) is 5.05. The van der Waals surface area contributed by atoms with Crippen LogP contribution in [-0.2, 0) is 6.54 Å². The Morgan fingerprint density at radius 3 is 3.00 bits per heavy atom. The number of benzene rings is 1. The molecule has 1 unspecified atom stereocenters. The van der Waals surface area contributed by atoms with Crippen LogP contribution in [0.4, 0.5) is 0 Å². The third-order valence-electron chi connectivity index (χ3n) is 3.90. The van der Waals surface area contributed by atoms with Gasteiger partial charge in [-0.3, -0.25) is 0 Å². The zero-order valence-electron chi connectivity index (χ0n) is 11.9. The van der Waals surface area contributed by atoms with Crippen molar-refractivity contribution in [2.75, 3.05) is 27.2 Å². The molecule has 0 amide bonds. The van der Waals surface area contributed by atoms with E-state index in [4.69, 9.17) is 4.74 Å². The Bertz CT molecular complexity index is 409. The smallest absolute Gasteiger partial charge is 0.120 e. The molecule has 1 atom stereocenters. The Morgan fingerprint density at radius 1 is 1.42 bits per heavy atom. The number of methoxy groups -OCH3 is 1. The molecule has 1 aromatic rings. The molecule has 1 aromatic carbocycles. The quantitative estimate of drug-likeness (QED) is 0.853. The molecule has 106 valence electrons. The minimum absolute atomic E-state index is 0.324. The number of nitrogens with zero attached hydrogens (tertiary/aromatic N) is 1. The van der Waals surface area contributed by atoms with Gasteiger partial charge in [0.05, 0.1) is 7.11 Å². The van der Waals surface area contributed by atoms with Gasteiger partial charge in [-0.15, -0.1) is 0 Å². The van der Waals surface area contributed by atoms with Crippen LogP contribution in [0.2, 0.25) is 0 Å². The summed E-state index contributed by atoms with van der Waals surface area (Å²) in [6, 6.07) is 5.95. The monoisotopic (exact) mass is 264 g/mol. The van der Waals surface area contributed by atoms with Crippen molar-refractivity contribution in [2.45, 2.75) is 31.8 Å². The molecule has 19 heavy (non-hydrogen) atoms. The maximum Gasteiger partial charge on any atom is 0.120 e. The summed E-state index contributed by atoms with van der Waals surface area (Å²) in [6.07, 6.45) is 3.89. The maximum absolute atomic E-state index is 9.81. The number of rotatable bonds is 5. The predicted octanol–water partition coefficient (Wildman–Crippen LogP) is 1.97. The van der Waals surface area contributed by atoms with Crippen molar-refractivity contribution in [1.29, 1.82) is 0 Å². The molecule has 0 aromatic heterocycles. The number of hydrogen-bond donors (Lipinski definition) is 2. The van der Waals surface area contributed by atoms with Gasteiger partial charge in [-0.1, -0.05) is 6.42 Å². The average Bonchev–Trinajstić information content (AvgIpc) is 2.43. The molecular weight excluding hydrogens is 240 g/mol. The lowest BCUT2D eigenvalue weighted by atomic mass is 10.0. The van der Waals surface area contributed by atoms with Gasteiger partial charge in [-0.05, 0) is 44.6 Å². The van der Waals surface area contributed by atoms with Gasteiger partial charge in [0, 0.05) is 24.7 Å². The highest BCUT2D eigenvalue weighted by Crippen LogP contribution is 2.22. The fourth-order valence-electron chi connectivity index (χ4n) is 2.61. The first kappa shape index (κ1) is 14.2. The van der Waals surface area contributed by atoms with E-state index in [0.717, 1.165) is 17.9 Å². The third kappa shape index (κ3) is 3.85. The molecule has 0 saturated carbocycles. The van der Waals surface area contributed by atoms with Crippen LogP contribution in [0.5, 0.6) is 11.5 Å². The van der Waals surface area contributed by atoms with Gasteiger partial charge in [0.25, 0.3) is 0 Å². The molecule has 2 N–H and O–H groups in total. The van der Waals surface area contributed by atoms with Crippen molar-refractivity contribution in [3.05, 3.63) is 23.8 Å². The summed E-state index contributed by atoms with van der Waals surface area (Å²) in [7, 11) is 3.83. The number of aromatic hydroxyl groups is 1. The van der Waals surface area contributed by atoms with Gasteiger partial charge in [-0.2, -0.15) is 0 Å². The highest BCUT2D eigenvalue weighted by Gasteiger charge is 2.18. The summed E-state index contributed by atoms with van der Waals surface area (Å²) >= 11 is 0. The van der Waals surface area contributed by atoms with Gasteiger partial charge in [0.15, 0.2) is 0 Å². The lowest BCUT2D eigenvalue weighted by Crippen LogP contribution is -2.42. The van der Waals surface area contributed by atoms with Crippen molar-refractivity contribution in [2.24, 2.45) is 0 Å². The summed E-state index contributed by atoms with van der Waals surface area (Å²) in [5.41, 5.74) is 0.887. The Balaban J connectivity index is 1.84. The summed E-state index contributed by atoms with van der Waals surface area (Å²) in [4.78, 5) is 2.42. The van der Waals surface area contributed by atoms with Crippen LogP contribution in [0.1, 0.15) is 24.8 Å². The Hall–Kier alpha value is -1.26. The number of likely N-dealkylation sites (N-methyl/N-ethyl adjacent to an activating group) is 1. The molecular formula is C15H24N2O2. The molecule has 0 bridgehead atoms. The number of likely N-dealkylation sites (tertiary alicyclic amines) is 1. The summed E-state index contributed by atoms with van der Waals surface area (Å²) in [5, 5.41) is 13.3. The van der Waals surface area contributed by atoms with Gasteiger partial charge in [0.1, 0.15) is 11.5 Å². The van der Waals surface area contributed by atoms with Gasteiger partial charge >= 0.3 is 0 Å². The van der Waals surface area contributed by atoms with Crippen LogP contribution < -0.4 is 10.1 Å². The number of phenolic OH excluding ortho intramolecular Hbond substituents is 1. The van der Waals surface area contributed by atoms with Gasteiger partial charge < -0.3 is 20.1 Å².